The van der Waals surface area contributed by atoms with E-state index in [1.54, 1.807) is 11.3 Å². The molecule has 0 aliphatic heterocycles. The number of Topliss-reactive ketones (excluding diaryl/α,β-unsaturated/α-hetero) is 1. The maximum Gasteiger partial charge on any atom is 0.140 e. The number of ketones is 1. The zero-order valence-corrected chi connectivity index (χ0v) is 13.1. The van der Waals surface area contributed by atoms with Crippen molar-refractivity contribution in [2.24, 2.45) is 11.3 Å². The molecule has 20 heavy (non-hydrogen) atoms. The summed E-state index contributed by atoms with van der Waals surface area (Å²) in [5.41, 5.74) is 1.40. The highest BCUT2D eigenvalue weighted by Gasteiger charge is 2.36. The first-order chi connectivity index (χ1) is 9.58. The largest absolute Gasteiger partial charge is 0.299 e. The summed E-state index contributed by atoms with van der Waals surface area (Å²) in [6.07, 6.45) is 5.36. The third-order valence-electron chi connectivity index (χ3n) is 4.82. The molecular formula is C18H22OS. The monoisotopic (exact) mass is 286 g/mol. The van der Waals surface area contributed by atoms with Crippen LogP contribution in [-0.2, 0) is 11.2 Å². The van der Waals surface area contributed by atoms with E-state index in [9.17, 15) is 4.79 Å². The van der Waals surface area contributed by atoms with Crippen molar-refractivity contribution in [1.29, 1.82) is 0 Å². The third kappa shape index (κ3) is 2.54. The molecule has 1 unspecified atom stereocenters. The van der Waals surface area contributed by atoms with Gasteiger partial charge >= 0.3 is 0 Å². The Morgan fingerprint density at radius 2 is 2.10 bits per heavy atom. The van der Waals surface area contributed by atoms with Gasteiger partial charge in [-0.05, 0) is 40.7 Å². The van der Waals surface area contributed by atoms with Crippen molar-refractivity contribution in [2.45, 2.75) is 46.0 Å². The molecule has 0 radical (unpaired) electrons. The molecule has 1 saturated carbocycles. The fraction of sp³-hybridized carbons (Fsp3) is 0.500. The fourth-order valence-electron chi connectivity index (χ4n) is 3.57. The summed E-state index contributed by atoms with van der Waals surface area (Å²) in [5.74, 6) is 0.688. The molecule has 1 aliphatic rings. The molecule has 1 heterocycles. The standard InChI is InChI=1S/C18H22OS/c1-18(2)10-6-5-8-15(18)16(19)11-13-12-20-17-9-4-3-7-14(13)17/h3-4,7,9,12,15H,5-6,8,10-11H2,1-2H3. The van der Waals surface area contributed by atoms with Gasteiger partial charge in [0, 0.05) is 17.0 Å². The summed E-state index contributed by atoms with van der Waals surface area (Å²) in [4.78, 5) is 12.7. The molecular weight excluding hydrogens is 264 g/mol. The van der Waals surface area contributed by atoms with E-state index in [4.69, 9.17) is 0 Å². The zero-order valence-electron chi connectivity index (χ0n) is 12.3. The summed E-state index contributed by atoms with van der Waals surface area (Å²) in [6, 6.07) is 8.40. The van der Waals surface area contributed by atoms with Crippen LogP contribution in [0, 0.1) is 11.3 Å². The molecule has 0 bridgehead atoms. The molecule has 0 saturated heterocycles. The Morgan fingerprint density at radius 1 is 1.30 bits per heavy atom. The Kier molecular flexibility index (Phi) is 3.68. The van der Waals surface area contributed by atoms with Crippen molar-refractivity contribution in [1.82, 2.24) is 0 Å². The van der Waals surface area contributed by atoms with E-state index in [0.29, 0.717) is 12.2 Å². The van der Waals surface area contributed by atoms with Crippen LogP contribution < -0.4 is 0 Å². The second kappa shape index (κ2) is 5.33. The maximum atomic E-state index is 12.7. The number of fused-ring (bicyclic) bond motifs is 1. The molecule has 2 heteroatoms. The Morgan fingerprint density at radius 3 is 2.90 bits per heavy atom. The molecule has 3 rings (SSSR count). The minimum atomic E-state index is 0.182. The molecule has 0 amide bonds. The normalized spacial score (nSPS) is 22.0. The summed E-state index contributed by atoms with van der Waals surface area (Å²) in [5, 5.41) is 3.43. The highest BCUT2D eigenvalue weighted by atomic mass is 32.1. The third-order valence-corrected chi connectivity index (χ3v) is 5.83. The van der Waals surface area contributed by atoms with Crippen molar-refractivity contribution < 1.29 is 4.79 Å². The second-order valence-electron chi connectivity index (χ2n) is 6.69. The summed E-state index contributed by atoms with van der Waals surface area (Å²) in [7, 11) is 0. The number of carbonyl (C=O) groups excluding carboxylic acids is 1. The Hall–Kier alpha value is -1.15. The van der Waals surface area contributed by atoms with E-state index < -0.39 is 0 Å². The number of hydrogen-bond acceptors (Lipinski definition) is 2. The highest BCUT2D eigenvalue weighted by Crippen LogP contribution is 2.41. The average molecular weight is 286 g/mol. The van der Waals surface area contributed by atoms with Gasteiger partial charge < -0.3 is 0 Å². The molecule has 0 spiro atoms. The van der Waals surface area contributed by atoms with E-state index in [2.05, 4.69) is 43.5 Å². The van der Waals surface area contributed by atoms with Crippen molar-refractivity contribution in [3.63, 3.8) is 0 Å². The number of hydrogen-bond donors (Lipinski definition) is 0. The second-order valence-corrected chi connectivity index (χ2v) is 7.60. The lowest BCUT2D eigenvalue weighted by Crippen LogP contribution is -2.34. The molecule has 106 valence electrons. The van der Waals surface area contributed by atoms with Crippen LogP contribution in [0.2, 0.25) is 0 Å². The van der Waals surface area contributed by atoms with E-state index >= 15 is 0 Å². The van der Waals surface area contributed by atoms with E-state index in [1.807, 2.05) is 0 Å². The van der Waals surface area contributed by atoms with Crippen LogP contribution >= 0.6 is 11.3 Å². The molecule has 1 atom stereocenters. The van der Waals surface area contributed by atoms with Crippen LogP contribution in [0.1, 0.15) is 45.1 Å². The van der Waals surface area contributed by atoms with Crippen molar-refractivity contribution in [2.75, 3.05) is 0 Å². The van der Waals surface area contributed by atoms with E-state index in [0.717, 1.165) is 6.42 Å². The first-order valence-corrected chi connectivity index (χ1v) is 8.44. The minimum Gasteiger partial charge on any atom is -0.299 e. The van der Waals surface area contributed by atoms with Crippen LogP contribution in [0.25, 0.3) is 10.1 Å². The molecule has 1 aromatic carbocycles. The van der Waals surface area contributed by atoms with Gasteiger partial charge in [-0.25, -0.2) is 0 Å². The van der Waals surface area contributed by atoms with Crippen molar-refractivity contribution in [3.05, 3.63) is 35.2 Å². The van der Waals surface area contributed by atoms with Gasteiger partial charge in [0.25, 0.3) is 0 Å². The summed E-state index contributed by atoms with van der Waals surface area (Å²) >= 11 is 1.75. The topological polar surface area (TPSA) is 17.1 Å². The number of thiophene rings is 1. The number of rotatable bonds is 3. The Balaban J connectivity index is 1.82. The highest BCUT2D eigenvalue weighted by molar-refractivity contribution is 7.17. The molecule has 1 fully saturated rings. The first-order valence-electron chi connectivity index (χ1n) is 7.56. The van der Waals surface area contributed by atoms with Crippen molar-refractivity contribution >= 4 is 27.2 Å². The van der Waals surface area contributed by atoms with Gasteiger partial charge in [0.2, 0.25) is 0 Å². The minimum absolute atomic E-state index is 0.182. The lowest BCUT2D eigenvalue weighted by Gasteiger charge is -2.37. The van der Waals surface area contributed by atoms with Gasteiger partial charge in [0.15, 0.2) is 0 Å². The number of benzene rings is 1. The van der Waals surface area contributed by atoms with Gasteiger partial charge in [-0.2, -0.15) is 0 Å². The molecule has 1 aliphatic carbocycles. The van der Waals surface area contributed by atoms with Crippen LogP contribution in [0.5, 0.6) is 0 Å². The van der Waals surface area contributed by atoms with Crippen LogP contribution in [-0.4, -0.2) is 5.78 Å². The smallest absolute Gasteiger partial charge is 0.140 e. The fourth-order valence-corrected chi connectivity index (χ4v) is 4.53. The predicted molar refractivity (Wildman–Crippen MR) is 86.3 cm³/mol. The lowest BCUT2D eigenvalue weighted by atomic mass is 9.66. The van der Waals surface area contributed by atoms with Gasteiger partial charge in [0.1, 0.15) is 5.78 Å². The van der Waals surface area contributed by atoms with E-state index in [-0.39, 0.29) is 11.3 Å². The SMILES string of the molecule is CC1(C)CCCCC1C(=O)Cc1csc2ccccc12. The molecule has 2 aromatic rings. The predicted octanol–water partition coefficient (Wildman–Crippen LogP) is 5.23. The summed E-state index contributed by atoms with van der Waals surface area (Å²) in [6.45, 7) is 4.53. The molecule has 0 N–H and O–H groups in total. The van der Waals surface area contributed by atoms with Crippen LogP contribution in [0.4, 0.5) is 0 Å². The summed E-state index contributed by atoms with van der Waals surface area (Å²) < 4.78 is 1.29. The molecule has 1 aromatic heterocycles. The van der Waals surface area contributed by atoms with Gasteiger partial charge in [-0.1, -0.05) is 44.9 Å². The van der Waals surface area contributed by atoms with Crippen LogP contribution in [0.15, 0.2) is 29.6 Å². The Labute approximate surface area is 125 Å². The van der Waals surface area contributed by atoms with Crippen molar-refractivity contribution in [3.8, 4) is 0 Å². The number of carbonyl (C=O) groups is 1. The van der Waals surface area contributed by atoms with Gasteiger partial charge in [-0.15, -0.1) is 11.3 Å². The molecule has 1 nitrogen and oxygen atoms in total. The lowest BCUT2D eigenvalue weighted by molar-refractivity contribution is -0.127. The zero-order chi connectivity index (χ0) is 14.2. The van der Waals surface area contributed by atoms with Gasteiger partial charge in [0.05, 0.1) is 0 Å². The first kappa shape index (κ1) is 13.8. The maximum absolute atomic E-state index is 12.7. The van der Waals surface area contributed by atoms with Gasteiger partial charge in [-0.3, -0.25) is 4.79 Å². The average Bonchev–Trinajstić information content (AvgIpc) is 2.81. The Bertz CT molecular complexity index is 623. The van der Waals surface area contributed by atoms with Crippen LogP contribution in [0.3, 0.4) is 0 Å². The van der Waals surface area contributed by atoms with E-state index in [1.165, 1.54) is 34.9 Å². The quantitative estimate of drug-likeness (QED) is 0.755.